The Labute approximate surface area is 346 Å². The molecule has 10 heteroatoms. The standard InChI is InChI=1S/C47H76NO8P/c1-6-8-10-12-14-16-18-20-21-22-23-24-25-26-28-29-31-33-35-37-39-46(49)53-43-45(44-55-57(51,52)54-42-41-48(3,4)5)56-47(50)40-38-36-34-32-30-27-19-17-15-13-11-9-7-2/h8-11,13-17,19-21,23-24,27,30,32,34,45H,6-7,12,18,22,25-26,28-29,31,33,35-44H2,1-5H3/b10-8+,11-9+,15-13+,16-14+,19-17+,21-20+,24-23+,30-27+,34-32+. The minimum atomic E-state index is -4.65. The highest BCUT2D eigenvalue weighted by molar-refractivity contribution is 7.45. The second-order valence-electron chi connectivity index (χ2n) is 14.7. The molecule has 0 aromatic rings. The highest BCUT2D eigenvalue weighted by Crippen LogP contribution is 2.38. The summed E-state index contributed by atoms with van der Waals surface area (Å²) in [5, 5.41) is 0. The largest absolute Gasteiger partial charge is 0.756 e. The molecule has 9 nitrogen and oxygen atoms in total. The van der Waals surface area contributed by atoms with Gasteiger partial charge in [0.25, 0.3) is 7.82 Å². The van der Waals surface area contributed by atoms with Crippen LogP contribution in [0.3, 0.4) is 0 Å². The topological polar surface area (TPSA) is 111 Å². The number of phosphoric ester groups is 1. The zero-order valence-electron chi connectivity index (χ0n) is 36.0. The van der Waals surface area contributed by atoms with Gasteiger partial charge in [0.05, 0.1) is 27.7 Å². The number of nitrogens with zero attached hydrogens (tertiary/aromatic N) is 1. The van der Waals surface area contributed by atoms with Crippen LogP contribution in [0.15, 0.2) is 109 Å². The van der Waals surface area contributed by atoms with Gasteiger partial charge in [-0.05, 0) is 64.2 Å². The summed E-state index contributed by atoms with van der Waals surface area (Å²) in [5.74, 6) is -0.948. The van der Waals surface area contributed by atoms with Crippen LogP contribution in [0.25, 0.3) is 0 Å². The summed E-state index contributed by atoms with van der Waals surface area (Å²) >= 11 is 0. The van der Waals surface area contributed by atoms with Crippen LogP contribution in [-0.2, 0) is 32.7 Å². The number of rotatable bonds is 36. The first-order valence-electron chi connectivity index (χ1n) is 21.2. The second-order valence-corrected chi connectivity index (χ2v) is 16.1. The van der Waals surface area contributed by atoms with Crippen molar-refractivity contribution in [2.24, 2.45) is 0 Å². The van der Waals surface area contributed by atoms with Crippen LogP contribution in [0.4, 0.5) is 0 Å². The molecule has 0 saturated heterocycles. The normalized spacial score (nSPS) is 14.7. The number of likely N-dealkylation sites (N-methyl/N-ethyl adjacent to an activating group) is 1. The molecule has 322 valence electrons. The summed E-state index contributed by atoms with van der Waals surface area (Å²) in [6.07, 6.45) is 51.3. The summed E-state index contributed by atoms with van der Waals surface area (Å²) in [7, 11) is 1.09. The van der Waals surface area contributed by atoms with Gasteiger partial charge in [-0.2, -0.15) is 0 Å². The van der Waals surface area contributed by atoms with E-state index in [0.29, 0.717) is 30.3 Å². The third-order valence-electron chi connectivity index (χ3n) is 8.17. The van der Waals surface area contributed by atoms with E-state index < -0.39 is 32.5 Å². The molecule has 0 fully saturated rings. The van der Waals surface area contributed by atoms with Crippen LogP contribution >= 0.6 is 7.82 Å². The van der Waals surface area contributed by atoms with Gasteiger partial charge in [0.15, 0.2) is 6.10 Å². The van der Waals surface area contributed by atoms with Crippen molar-refractivity contribution in [3.63, 3.8) is 0 Å². The van der Waals surface area contributed by atoms with Gasteiger partial charge in [0.2, 0.25) is 0 Å². The van der Waals surface area contributed by atoms with Crippen LogP contribution in [-0.4, -0.2) is 70.0 Å². The number of carbonyl (C=O) groups is 2. The summed E-state index contributed by atoms with van der Waals surface area (Å²) in [5.41, 5.74) is 0. The van der Waals surface area contributed by atoms with Crippen LogP contribution < -0.4 is 4.89 Å². The van der Waals surface area contributed by atoms with E-state index in [0.717, 1.165) is 57.8 Å². The molecule has 0 aromatic carbocycles. The average Bonchev–Trinajstić information content (AvgIpc) is 3.16. The van der Waals surface area contributed by atoms with E-state index in [9.17, 15) is 19.0 Å². The van der Waals surface area contributed by atoms with Gasteiger partial charge in [0, 0.05) is 12.8 Å². The van der Waals surface area contributed by atoms with Gasteiger partial charge in [-0.3, -0.25) is 14.2 Å². The highest BCUT2D eigenvalue weighted by Gasteiger charge is 2.21. The van der Waals surface area contributed by atoms with Crippen molar-refractivity contribution in [1.82, 2.24) is 0 Å². The molecule has 0 radical (unpaired) electrons. The fourth-order valence-corrected chi connectivity index (χ4v) is 5.64. The monoisotopic (exact) mass is 814 g/mol. The molecule has 0 rings (SSSR count). The SMILES string of the molecule is CC/C=C/C=C/C=C/C=C/C=C/CCCC(=O)OC(COC(=O)CCCCCCCCC/C=C/C/C=C/C/C=C/C/C=C/CC)COP(=O)([O-])OCC[N+](C)(C)C. The van der Waals surface area contributed by atoms with Crippen LogP contribution in [0.2, 0.25) is 0 Å². The minimum absolute atomic E-state index is 0.0531. The Bertz CT molecular complexity index is 1330. The molecular weight excluding hydrogens is 737 g/mol. The van der Waals surface area contributed by atoms with E-state index in [1.165, 1.54) is 19.3 Å². The second kappa shape index (κ2) is 38.2. The molecule has 2 unspecified atom stereocenters. The maximum absolute atomic E-state index is 12.6. The Morgan fingerprint density at radius 1 is 0.561 bits per heavy atom. The number of hydrogen-bond acceptors (Lipinski definition) is 8. The lowest BCUT2D eigenvalue weighted by Gasteiger charge is -2.28. The predicted molar refractivity (Wildman–Crippen MR) is 235 cm³/mol. The fraction of sp³-hybridized carbons (Fsp3) is 0.574. The number of hydrogen-bond donors (Lipinski definition) is 0. The molecule has 0 aliphatic carbocycles. The average molecular weight is 814 g/mol. The number of unbranched alkanes of at least 4 members (excludes halogenated alkanes) is 8. The van der Waals surface area contributed by atoms with Gasteiger partial charge < -0.3 is 27.9 Å². The number of carbonyl (C=O) groups excluding carboxylic acids is 2. The van der Waals surface area contributed by atoms with Crippen LogP contribution in [0, 0.1) is 0 Å². The molecule has 0 aromatic heterocycles. The molecule has 0 aliphatic heterocycles. The fourth-order valence-electron chi connectivity index (χ4n) is 4.91. The zero-order chi connectivity index (χ0) is 42.1. The molecular formula is C47H76NO8P. The predicted octanol–water partition coefficient (Wildman–Crippen LogP) is 11.3. The van der Waals surface area contributed by atoms with Gasteiger partial charge in [-0.25, -0.2) is 0 Å². The van der Waals surface area contributed by atoms with Crippen LogP contribution in [0.1, 0.15) is 123 Å². The highest BCUT2D eigenvalue weighted by atomic mass is 31.2. The van der Waals surface area contributed by atoms with E-state index in [2.05, 4.69) is 68.5 Å². The number of phosphoric acid groups is 1. The van der Waals surface area contributed by atoms with Gasteiger partial charge in [0.1, 0.15) is 19.8 Å². The van der Waals surface area contributed by atoms with E-state index in [1.54, 1.807) is 0 Å². The molecule has 0 saturated carbocycles. The van der Waals surface area contributed by atoms with Gasteiger partial charge >= 0.3 is 11.9 Å². The van der Waals surface area contributed by atoms with Crippen molar-refractivity contribution >= 4 is 19.8 Å². The molecule has 57 heavy (non-hydrogen) atoms. The van der Waals surface area contributed by atoms with E-state index in [4.69, 9.17) is 18.5 Å². The maximum atomic E-state index is 12.6. The Morgan fingerprint density at radius 2 is 1.05 bits per heavy atom. The minimum Gasteiger partial charge on any atom is -0.756 e. The molecule has 0 spiro atoms. The third-order valence-corrected chi connectivity index (χ3v) is 9.13. The Balaban J connectivity index is 4.47. The lowest BCUT2D eigenvalue weighted by Crippen LogP contribution is -2.37. The number of allylic oxidation sites excluding steroid dienone is 18. The van der Waals surface area contributed by atoms with E-state index in [1.807, 2.05) is 75.8 Å². The molecule has 0 bridgehead atoms. The molecule has 0 aliphatic rings. The zero-order valence-corrected chi connectivity index (χ0v) is 36.9. The van der Waals surface area contributed by atoms with Gasteiger partial charge in [-0.15, -0.1) is 0 Å². The summed E-state index contributed by atoms with van der Waals surface area (Å²) in [6, 6.07) is 0. The lowest BCUT2D eigenvalue weighted by molar-refractivity contribution is -0.870. The van der Waals surface area contributed by atoms with Crippen molar-refractivity contribution < 1.29 is 42.1 Å². The van der Waals surface area contributed by atoms with Crippen LogP contribution in [0.5, 0.6) is 0 Å². The Kier molecular flexibility index (Phi) is 36.0. The lowest BCUT2D eigenvalue weighted by atomic mass is 10.1. The first-order chi connectivity index (χ1) is 27.5. The molecule has 0 heterocycles. The summed E-state index contributed by atoms with van der Waals surface area (Å²) in [4.78, 5) is 37.4. The summed E-state index contributed by atoms with van der Waals surface area (Å²) in [6.45, 7) is 3.83. The van der Waals surface area contributed by atoms with Crippen molar-refractivity contribution in [3.8, 4) is 0 Å². The number of quaternary nitrogens is 1. The molecule has 0 amide bonds. The number of esters is 2. The first kappa shape index (κ1) is 53.7. The maximum Gasteiger partial charge on any atom is 0.306 e. The number of ether oxygens (including phenoxy) is 2. The third kappa shape index (κ3) is 42.1. The van der Waals surface area contributed by atoms with Crippen molar-refractivity contribution in [2.75, 3.05) is 47.5 Å². The van der Waals surface area contributed by atoms with Gasteiger partial charge in [-0.1, -0.05) is 155 Å². The van der Waals surface area contributed by atoms with E-state index in [-0.39, 0.29) is 26.1 Å². The quantitative estimate of drug-likeness (QED) is 0.0154. The smallest absolute Gasteiger partial charge is 0.306 e. The first-order valence-corrected chi connectivity index (χ1v) is 22.6. The van der Waals surface area contributed by atoms with E-state index >= 15 is 0 Å². The molecule has 0 N–H and O–H groups in total. The van der Waals surface area contributed by atoms with Crippen molar-refractivity contribution in [3.05, 3.63) is 109 Å². The Hall–Kier alpha value is -3.33. The molecule has 2 atom stereocenters. The van der Waals surface area contributed by atoms with Crippen molar-refractivity contribution in [2.45, 2.75) is 129 Å². The Morgan fingerprint density at radius 3 is 1.65 bits per heavy atom. The summed E-state index contributed by atoms with van der Waals surface area (Å²) < 4.78 is 33.7. The van der Waals surface area contributed by atoms with Crippen molar-refractivity contribution in [1.29, 1.82) is 0 Å².